The van der Waals surface area contributed by atoms with Crippen LogP contribution >= 0.6 is 12.2 Å². The van der Waals surface area contributed by atoms with Crippen LogP contribution in [-0.4, -0.2) is 14.5 Å². The molecule has 1 aromatic heterocycles. The van der Waals surface area contributed by atoms with Crippen LogP contribution in [0.4, 0.5) is 4.39 Å². The molecule has 0 aliphatic carbocycles. The minimum atomic E-state index is -0.258. The van der Waals surface area contributed by atoms with Crippen LogP contribution < -0.4 is 5.73 Å². The second-order valence-electron chi connectivity index (χ2n) is 5.74. The van der Waals surface area contributed by atoms with Crippen molar-refractivity contribution in [3.05, 3.63) is 53.3 Å². The summed E-state index contributed by atoms with van der Waals surface area (Å²) in [5.74, 6) is 0.549. The van der Waals surface area contributed by atoms with E-state index in [2.05, 4.69) is 30.5 Å². The van der Waals surface area contributed by atoms with Crippen molar-refractivity contribution in [2.45, 2.75) is 26.8 Å². The van der Waals surface area contributed by atoms with E-state index >= 15 is 0 Å². The first kappa shape index (κ1) is 15.6. The Morgan fingerprint density at radius 1 is 1.17 bits per heavy atom. The molecular formula is C18H18FN3S. The molecule has 2 aromatic carbocycles. The molecule has 0 radical (unpaired) electrons. The van der Waals surface area contributed by atoms with Crippen molar-refractivity contribution < 1.29 is 4.39 Å². The van der Waals surface area contributed by atoms with Gasteiger partial charge in [0, 0.05) is 18.5 Å². The van der Waals surface area contributed by atoms with Crippen molar-refractivity contribution in [3.63, 3.8) is 0 Å². The van der Waals surface area contributed by atoms with Gasteiger partial charge in [-0.05, 0) is 61.4 Å². The van der Waals surface area contributed by atoms with Crippen LogP contribution in [0.1, 0.15) is 17.5 Å². The molecule has 5 heteroatoms. The van der Waals surface area contributed by atoms with Gasteiger partial charge < -0.3 is 10.3 Å². The third-order valence-corrected chi connectivity index (χ3v) is 4.25. The molecule has 23 heavy (non-hydrogen) atoms. The summed E-state index contributed by atoms with van der Waals surface area (Å²) in [6.45, 7) is 4.80. The molecule has 1 heterocycles. The van der Waals surface area contributed by atoms with Crippen molar-refractivity contribution >= 4 is 28.2 Å². The van der Waals surface area contributed by atoms with Gasteiger partial charge in [0.15, 0.2) is 0 Å². The minimum Gasteiger partial charge on any atom is -0.393 e. The Morgan fingerprint density at radius 3 is 2.48 bits per heavy atom. The molecule has 0 bridgehead atoms. The lowest BCUT2D eigenvalue weighted by molar-refractivity contribution is 0.628. The second kappa shape index (κ2) is 6.08. The molecule has 3 aromatic rings. The van der Waals surface area contributed by atoms with Gasteiger partial charge in [-0.2, -0.15) is 0 Å². The van der Waals surface area contributed by atoms with Gasteiger partial charge >= 0.3 is 0 Å². The Bertz CT molecular complexity index is 881. The number of nitrogens with zero attached hydrogens (tertiary/aromatic N) is 2. The first-order chi connectivity index (χ1) is 11.0. The summed E-state index contributed by atoms with van der Waals surface area (Å²) >= 11 is 5.01. The van der Waals surface area contributed by atoms with Crippen LogP contribution in [0, 0.1) is 19.7 Å². The van der Waals surface area contributed by atoms with Gasteiger partial charge in [-0.15, -0.1) is 0 Å². The normalized spacial score (nSPS) is 11.1. The summed E-state index contributed by atoms with van der Waals surface area (Å²) in [5, 5.41) is 0. The number of fused-ring (bicyclic) bond motifs is 1. The summed E-state index contributed by atoms with van der Waals surface area (Å²) < 4.78 is 15.3. The van der Waals surface area contributed by atoms with E-state index in [9.17, 15) is 4.39 Å². The van der Waals surface area contributed by atoms with E-state index in [0.717, 1.165) is 22.4 Å². The number of thiocarbonyl (C=S) groups is 1. The van der Waals surface area contributed by atoms with Gasteiger partial charge in [0.25, 0.3) is 0 Å². The number of benzene rings is 2. The second-order valence-corrected chi connectivity index (χ2v) is 6.26. The fourth-order valence-electron chi connectivity index (χ4n) is 2.65. The van der Waals surface area contributed by atoms with Crippen molar-refractivity contribution in [2.75, 3.05) is 0 Å². The number of rotatable bonds is 4. The van der Waals surface area contributed by atoms with Gasteiger partial charge in [0.1, 0.15) is 11.6 Å². The van der Waals surface area contributed by atoms with E-state index in [1.807, 2.05) is 0 Å². The van der Waals surface area contributed by atoms with Crippen LogP contribution in [0.5, 0.6) is 0 Å². The molecule has 0 saturated heterocycles. The Morgan fingerprint density at radius 2 is 1.83 bits per heavy atom. The van der Waals surface area contributed by atoms with Gasteiger partial charge in [-0.1, -0.05) is 12.2 Å². The highest BCUT2D eigenvalue weighted by Crippen LogP contribution is 2.27. The topological polar surface area (TPSA) is 43.8 Å². The summed E-state index contributed by atoms with van der Waals surface area (Å²) in [6, 6.07) is 10.6. The predicted molar refractivity (Wildman–Crippen MR) is 96.0 cm³/mol. The van der Waals surface area contributed by atoms with Crippen LogP contribution in [0.3, 0.4) is 0 Å². The molecule has 2 N–H and O–H groups in total. The molecule has 0 saturated carbocycles. The average Bonchev–Trinajstić information content (AvgIpc) is 2.84. The third kappa shape index (κ3) is 3.10. The van der Waals surface area contributed by atoms with E-state index in [1.165, 1.54) is 23.3 Å². The molecule has 0 aliphatic heterocycles. The number of imidazole rings is 1. The number of aromatic nitrogens is 2. The highest BCUT2D eigenvalue weighted by atomic mass is 32.1. The van der Waals surface area contributed by atoms with Crippen molar-refractivity contribution in [3.8, 4) is 11.4 Å². The molecule has 0 aliphatic rings. The Hall–Kier alpha value is -2.27. The zero-order valence-corrected chi connectivity index (χ0v) is 14.0. The first-order valence-corrected chi connectivity index (χ1v) is 7.88. The number of hydrogen-bond donors (Lipinski definition) is 1. The Kier molecular flexibility index (Phi) is 4.13. The number of hydrogen-bond acceptors (Lipinski definition) is 2. The Labute approximate surface area is 139 Å². The molecule has 0 amide bonds. The molecular weight excluding hydrogens is 309 g/mol. The quantitative estimate of drug-likeness (QED) is 0.733. The van der Waals surface area contributed by atoms with Crippen molar-refractivity contribution in [1.82, 2.24) is 9.55 Å². The van der Waals surface area contributed by atoms with E-state index in [1.54, 1.807) is 12.1 Å². The summed E-state index contributed by atoms with van der Waals surface area (Å²) in [6.07, 6.45) is 0.599. The van der Waals surface area contributed by atoms with Gasteiger partial charge in [-0.25, -0.2) is 9.37 Å². The van der Waals surface area contributed by atoms with E-state index < -0.39 is 0 Å². The zero-order valence-electron chi connectivity index (χ0n) is 13.1. The monoisotopic (exact) mass is 327 g/mol. The maximum atomic E-state index is 13.2. The van der Waals surface area contributed by atoms with Crippen LogP contribution in [0.2, 0.25) is 0 Å². The molecule has 3 rings (SSSR count). The van der Waals surface area contributed by atoms with Crippen molar-refractivity contribution in [1.29, 1.82) is 0 Å². The Balaban J connectivity index is 2.20. The van der Waals surface area contributed by atoms with Crippen LogP contribution in [0.25, 0.3) is 22.4 Å². The number of aryl methyl sites for hydroxylation is 3. The van der Waals surface area contributed by atoms with Crippen LogP contribution in [0.15, 0.2) is 36.4 Å². The van der Waals surface area contributed by atoms with E-state index in [0.29, 0.717) is 18.0 Å². The maximum absolute atomic E-state index is 13.2. The minimum absolute atomic E-state index is 0.258. The zero-order chi connectivity index (χ0) is 16.6. The molecule has 0 atom stereocenters. The third-order valence-electron chi connectivity index (χ3n) is 4.05. The number of halogens is 1. The molecule has 0 spiro atoms. The smallest absolute Gasteiger partial charge is 0.141 e. The highest BCUT2D eigenvalue weighted by molar-refractivity contribution is 7.80. The summed E-state index contributed by atoms with van der Waals surface area (Å²) in [5.41, 5.74) is 10.9. The van der Waals surface area contributed by atoms with Gasteiger partial charge in [-0.3, -0.25) is 0 Å². The maximum Gasteiger partial charge on any atom is 0.141 e. The van der Waals surface area contributed by atoms with Crippen LogP contribution in [-0.2, 0) is 6.54 Å². The lowest BCUT2D eigenvalue weighted by atomic mass is 10.1. The summed E-state index contributed by atoms with van der Waals surface area (Å²) in [7, 11) is 0. The van der Waals surface area contributed by atoms with Gasteiger partial charge in [0.05, 0.1) is 16.0 Å². The average molecular weight is 327 g/mol. The fraction of sp³-hybridized carbons (Fsp3) is 0.222. The standard InChI is InChI=1S/C18H18FN3S/c1-11-9-15-16(10-12(11)2)22(8-7-17(20)23)18(21-15)13-3-5-14(19)6-4-13/h3-6,9-10H,7-8H2,1-2H3,(H2,20,23). The predicted octanol–water partition coefficient (Wildman–Crippen LogP) is 4.14. The van der Waals surface area contributed by atoms with E-state index in [-0.39, 0.29) is 5.82 Å². The molecule has 118 valence electrons. The first-order valence-electron chi connectivity index (χ1n) is 7.47. The highest BCUT2D eigenvalue weighted by Gasteiger charge is 2.14. The molecule has 0 fully saturated rings. The largest absolute Gasteiger partial charge is 0.393 e. The van der Waals surface area contributed by atoms with E-state index in [4.69, 9.17) is 22.9 Å². The fourth-order valence-corrected chi connectivity index (χ4v) is 2.74. The lowest BCUT2D eigenvalue weighted by Crippen LogP contribution is -2.12. The SMILES string of the molecule is Cc1cc2nc(-c3ccc(F)cc3)n(CCC(N)=S)c2cc1C. The lowest BCUT2D eigenvalue weighted by Gasteiger charge is -2.09. The molecule has 0 unspecified atom stereocenters. The number of nitrogens with two attached hydrogens (primary N) is 1. The van der Waals surface area contributed by atoms with Gasteiger partial charge in [0.2, 0.25) is 0 Å². The van der Waals surface area contributed by atoms with Crippen molar-refractivity contribution in [2.24, 2.45) is 5.73 Å². The summed E-state index contributed by atoms with van der Waals surface area (Å²) in [4.78, 5) is 5.22. The molecule has 3 nitrogen and oxygen atoms in total.